The zero-order valence-electron chi connectivity index (χ0n) is 8.56. The van der Waals surface area contributed by atoms with Gasteiger partial charge in [-0.05, 0) is 6.92 Å². The zero-order chi connectivity index (χ0) is 11.7. The number of amides is 1. The van der Waals surface area contributed by atoms with Crippen LogP contribution in [0.3, 0.4) is 0 Å². The van der Waals surface area contributed by atoms with E-state index in [4.69, 9.17) is 11.5 Å². The van der Waals surface area contributed by atoms with E-state index in [1.807, 2.05) is 0 Å². The van der Waals surface area contributed by atoms with E-state index in [0.717, 1.165) is 0 Å². The number of nitrogen functional groups attached to an aromatic ring is 1. The van der Waals surface area contributed by atoms with Gasteiger partial charge in [-0.2, -0.15) is 0 Å². The number of rotatable bonds is 2. The van der Waals surface area contributed by atoms with Crippen LogP contribution in [-0.4, -0.2) is 25.8 Å². The number of primary amides is 1. The minimum absolute atomic E-state index is 0.0615. The third-order valence-electron chi connectivity index (χ3n) is 2.07. The Hall–Kier alpha value is -2.44. The van der Waals surface area contributed by atoms with Gasteiger partial charge in [-0.3, -0.25) is 4.79 Å². The van der Waals surface area contributed by atoms with Gasteiger partial charge in [0.05, 0.1) is 5.69 Å². The van der Waals surface area contributed by atoms with Gasteiger partial charge in [-0.15, -0.1) is 0 Å². The second-order valence-corrected chi connectivity index (χ2v) is 3.19. The molecule has 0 aliphatic carbocycles. The van der Waals surface area contributed by atoms with Gasteiger partial charge in [0, 0.05) is 12.4 Å². The summed E-state index contributed by atoms with van der Waals surface area (Å²) in [4.78, 5) is 26.0. The minimum atomic E-state index is -0.638. The number of nitrogens with two attached hydrogens (primary N) is 2. The Morgan fingerprint density at radius 3 is 2.69 bits per heavy atom. The van der Waals surface area contributed by atoms with E-state index >= 15 is 0 Å². The maximum atomic E-state index is 11.1. The van der Waals surface area contributed by atoms with Gasteiger partial charge in [-0.1, -0.05) is 0 Å². The Morgan fingerprint density at radius 2 is 2.19 bits per heavy atom. The molecule has 7 heteroatoms. The molecule has 0 aromatic carbocycles. The fourth-order valence-corrected chi connectivity index (χ4v) is 1.39. The molecule has 0 bridgehead atoms. The summed E-state index contributed by atoms with van der Waals surface area (Å²) in [5.41, 5.74) is 11.4. The third kappa shape index (κ3) is 1.58. The highest BCUT2D eigenvalue weighted by molar-refractivity contribution is 5.98. The lowest BCUT2D eigenvalue weighted by molar-refractivity contribution is 0.1000. The zero-order valence-corrected chi connectivity index (χ0v) is 8.56. The van der Waals surface area contributed by atoms with Gasteiger partial charge < -0.3 is 16.5 Å². The number of nitrogens with zero attached hydrogens (tertiary/aromatic N) is 3. The SMILES string of the molecule is Cc1nc(-c2ncc[nH]2)nc(N)c1C(N)=O. The fraction of sp³-hybridized carbons (Fsp3) is 0.111. The lowest BCUT2D eigenvalue weighted by atomic mass is 10.2. The molecule has 2 heterocycles. The number of hydrogen-bond acceptors (Lipinski definition) is 5. The molecule has 0 atom stereocenters. The molecular weight excluding hydrogens is 208 g/mol. The first-order valence-corrected chi connectivity index (χ1v) is 4.53. The highest BCUT2D eigenvalue weighted by Crippen LogP contribution is 2.16. The highest BCUT2D eigenvalue weighted by Gasteiger charge is 2.15. The van der Waals surface area contributed by atoms with E-state index < -0.39 is 5.91 Å². The van der Waals surface area contributed by atoms with Crippen LogP contribution in [0, 0.1) is 6.92 Å². The van der Waals surface area contributed by atoms with E-state index in [-0.39, 0.29) is 11.4 Å². The first-order valence-electron chi connectivity index (χ1n) is 4.53. The maximum Gasteiger partial charge on any atom is 0.254 e. The molecule has 2 aromatic heterocycles. The summed E-state index contributed by atoms with van der Waals surface area (Å²) < 4.78 is 0. The fourth-order valence-electron chi connectivity index (χ4n) is 1.39. The number of aromatic nitrogens is 4. The molecule has 0 fully saturated rings. The standard InChI is InChI=1S/C9H10N6O/c1-4-5(7(11)16)6(10)15-9(14-4)8-12-2-3-13-8/h2-3H,1H3,(H2,11,16)(H,12,13)(H2,10,14,15). The molecule has 0 spiro atoms. The van der Waals surface area contributed by atoms with Crippen molar-refractivity contribution in [2.75, 3.05) is 5.73 Å². The molecule has 0 saturated heterocycles. The minimum Gasteiger partial charge on any atom is -0.383 e. The molecule has 2 aromatic rings. The van der Waals surface area contributed by atoms with Crippen LogP contribution in [-0.2, 0) is 0 Å². The molecule has 0 radical (unpaired) electrons. The predicted octanol–water partition coefficient (Wildman–Crippen LogP) is -0.144. The molecule has 7 nitrogen and oxygen atoms in total. The molecule has 1 amide bonds. The van der Waals surface area contributed by atoms with Crippen LogP contribution in [0.5, 0.6) is 0 Å². The van der Waals surface area contributed by atoms with Crippen molar-refractivity contribution in [2.24, 2.45) is 5.73 Å². The number of aromatic amines is 1. The van der Waals surface area contributed by atoms with Gasteiger partial charge in [0.25, 0.3) is 5.91 Å². The average molecular weight is 218 g/mol. The summed E-state index contributed by atoms with van der Waals surface area (Å²) in [5.74, 6) is 0.253. The highest BCUT2D eigenvalue weighted by atomic mass is 16.1. The van der Waals surface area contributed by atoms with E-state index in [2.05, 4.69) is 19.9 Å². The van der Waals surface area contributed by atoms with Gasteiger partial charge in [-0.25, -0.2) is 15.0 Å². The van der Waals surface area contributed by atoms with Crippen molar-refractivity contribution in [2.45, 2.75) is 6.92 Å². The number of hydrogen-bond donors (Lipinski definition) is 3. The van der Waals surface area contributed by atoms with Gasteiger partial charge in [0.15, 0.2) is 11.6 Å². The number of carbonyl (C=O) groups excluding carboxylic acids is 1. The Balaban J connectivity index is 2.58. The van der Waals surface area contributed by atoms with Crippen LogP contribution < -0.4 is 11.5 Å². The van der Waals surface area contributed by atoms with Gasteiger partial charge in [0.2, 0.25) is 0 Å². The van der Waals surface area contributed by atoms with Crippen molar-refractivity contribution in [3.05, 3.63) is 23.7 Å². The normalized spacial score (nSPS) is 10.3. The Kier molecular flexibility index (Phi) is 2.28. The number of carbonyl (C=O) groups is 1. The quantitative estimate of drug-likeness (QED) is 0.647. The summed E-state index contributed by atoms with van der Waals surface area (Å²) >= 11 is 0. The Bertz CT molecular complexity index is 510. The van der Waals surface area contributed by atoms with Crippen LogP contribution in [0.2, 0.25) is 0 Å². The van der Waals surface area contributed by atoms with Gasteiger partial charge in [0.1, 0.15) is 11.4 Å². The molecular formula is C9H10N6O. The molecule has 82 valence electrons. The molecule has 2 rings (SSSR count). The first kappa shape index (κ1) is 10.1. The lowest BCUT2D eigenvalue weighted by Gasteiger charge is -2.05. The molecule has 0 aliphatic rings. The predicted molar refractivity (Wildman–Crippen MR) is 57.3 cm³/mol. The van der Waals surface area contributed by atoms with Crippen molar-refractivity contribution >= 4 is 11.7 Å². The van der Waals surface area contributed by atoms with Crippen LogP contribution >= 0.6 is 0 Å². The first-order chi connectivity index (χ1) is 7.59. The van der Waals surface area contributed by atoms with Crippen LogP contribution in [0.4, 0.5) is 5.82 Å². The molecule has 16 heavy (non-hydrogen) atoms. The van der Waals surface area contributed by atoms with Crippen LogP contribution in [0.25, 0.3) is 11.6 Å². The van der Waals surface area contributed by atoms with Crippen LogP contribution in [0.15, 0.2) is 12.4 Å². The number of nitrogens with one attached hydrogen (secondary N) is 1. The monoisotopic (exact) mass is 218 g/mol. The molecule has 0 aliphatic heterocycles. The smallest absolute Gasteiger partial charge is 0.254 e. The number of anilines is 1. The molecule has 5 N–H and O–H groups in total. The third-order valence-corrected chi connectivity index (χ3v) is 2.07. The Morgan fingerprint density at radius 1 is 1.44 bits per heavy atom. The maximum absolute atomic E-state index is 11.1. The summed E-state index contributed by atoms with van der Waals surface area (Å²) in [7, 11) is 0. The lowest BCUT2D eigenvalue weighted by Crippen LogP contribution is -2.18. The van der Waals surface area contributed by atoms with E-state index in [0.29, 0.717) is 17.3 Å². The van der Waals surface area contributed by atoms with Crippen molar-refractivity contribution in [3.8, 4) is 11.6 Å². The number of H-pyrrole nitrogens is 1. The van der Waals surface area contributed by atoms with E-state index in [9.17, 15) is 4.79 Å². The summed E-state index contributed by atoms with van der Waals surface area (Å²) in [5, 5.41) is 0. The molecule has 0 saturated carbocycles. The number of aryl methyl sites for hydroxylation is 1. The van der Waals surface area contributed by atoms with Crippen molar-refractivity contribution in [3.63, 3.8) is 0 Å². The second-order valence-electron chi connectivity index (χ2n) is 3.19. The summed E-state index contributed by atoms with van der Waals surface area (Å²) in [6.45, 7) is 1.64. The van der Waals surface area contributed by atoms with Crippen LogP contribution in [0.1, 0.15) is 16.1 Å². The molecule has 0 unspecified atom stereocenters. The largest absolute Gasteiger partial charge is 0.383 e. The van der Waals surface area contributed by atoms with Crippen molar-refractivity contribution in [1.29, 1.82) is 0 Å². The second kappa shape index (κ2) is 3.61. The van der Waals surface area contributed by atoms with E-state index in [1.165, 1.54) is 0 Å². The summed E-state index contributed by atoms with van der Waals surface area (Å²) in [6.07, 6.45) is 3.22. The van der Waals surface area contributed by atoms with Crippen molar-refractivity contribution < 1.29 is 4.79 Å². The van der Waals surface area contributed by atoms with Crippen molar-refractivity contribution in [1.82, 2.24) is 19.9 Å². The van der Waals surface area contributed by atoms with E-state index in [1.54, 1.807) is 19.3 Å². The van der Waals surface area contributed by atoms with Gasteiger partial charge >= 0.3 is 0 Å². The Labute approximate surface area is 90.9 Å². The summed E-state index contributed by atoms with van der Waals surface area (Å²) in [6, 6.07) is 0. The average Bonchev–Trinajstić information content (AvgIpc) is 2.67. The number of imidazole rings is 1. The topological polar surface area (TPSA) is 124 Å².